The number of hydrogen-bond donors (Lipinski definition) is 0. The fraction of sp³-hybridized carbons (Fsp3) is 0.0933. The van der Waals surface area contributed by atoms with Gasteiger partial charge in [-0.1, -0.05) is 198 Å². The Morgan fingerprint density at radius 1 is 0.349 bits per heavy atom. The summed E-state index contributed by atoms with van der Waals surface area (Å²) in [5.41, 5.74) is 18.2. The van der Waals surface area contributed by atoms with Crippen molar-refractivity contribution in [1.29, 1.82) is 10.5 Å². The van der Waals surface area contributed by atoms with E-state index in [0.717, 1.165) is 77.4 Å². The van der Waals surface area contributed by atoms with Crippen LogP contribution < -0.4 is 19.3 Å². The van der Waals surface area contributed by atoms with E-state index in [1.54, 1.807) is 0 Å². The molecule has 1 spiro atoms. The number of rotatable bonds is 6. The van der Waals surface area contributed by atoms with Crippen LogP contribution in [0.15, 0.2) is 227 Å². The van der Waals surface area contributed by atoms with Gasteiger partial charge in [0.1, 0.15) is 45.8 Å². The first-order chi connectivity index (χ1) is 40.6. The lowest BCUT2D eigenvalue weighted by molar-refractivity contribution is -0.0412. The Balaban J connectivity index is 1.02. The molecule has 3 aliphatic carbocycles. The van der Waals surface area contributed by atoms with Crippen molar-refractivity contribution >= 4 is 78.0 Å². The summed E-state index contributed by atoms with van der Waals surface area (Å²) < 4.78 is 29.7. The Hall–Kier alpha value is -10.8. The summed E-state index contributed by atoms with van der Waals surface area (Å²) in [5, 5.41) is 28.4. The molecule has 1 aliphatic heterocycles. The zero-order valence-corrected chi connectivity index (χ0v) is 45.7. The van der Waals surface area contributed by atoms with Crippen LogP contribution in [0.1, 0.15) is 72.2 Å². The Bertz CT molecular complexity index is 4800. The summed E-state index contributed by atoms with van der Waals surface area (Å²) in [5.74, 6) is -1.04. The summed E-state index contributed by atoms with van der Waals surface area (Å²) in [4.78, 5) is 4.14. The number of para-hydroxylation sites is 4. The number of nitrogens with zero attached hydrogens (tertiary/aromatic N) is 4. The van der Waals surface area contributed by atoms with Crippen molar-refractivity contribution in [2.75, 3.05) is 9.80 Å². The molecule has 13 aromatic rings. The maximum atomic E-state index is 12.4. The second-order valence-electron chi connectivity index (χ2n) is 23.2. The van der Waals surface area contributed by atoms with Crippen LogP contribution >= 0.6 is 0 Å². The maximum absolute atomic E-state index is 12.4. The Morgan fingerprint density at radius 3 is 1.12 bits per heavy atom. The molecule has 0 fully saturated rings. The topological polar surface area (TPSA) is 98.8 Å². The molecule has 8 heteroatoms. The number of hydrogen-bond acceptors (Lipinski definition) is 8. The van der Waals surface area contributed by atoms with Crippen molar-refractivity contribution in [3.63, 3.8) is 0 Å². The lowest BCUT2D eigenvalue weighted by atomic mass is 9.82. The third-order valence-corrected chi connectivity index (χ3v) is 18.3. The molecule has 17 rings (SSSR count). The van der Waals surface area contributed by atoms with Crippen LogP contribution in [0.5, 0.6) is 11.5 Å². The molecular weight excluding hydrogens is 1020 g/mol. The number of anilines is 6. The van der Waals surface area contributed by atoms with E-state index >= 15 is 0 Å². The monoisotopic (exact) mass is 1070 g/mol. The zero-order chi connectivity index (χ0) is 55.7. The molecule has 83 heavy (non-hydrogen) atoms. The number of benzene rings is 11. The minimum atomic E-state index is -1.59. The van der Waals surface area contributed by atoms with Crippen LogP contribution in [0.25, 0.3) is 77.3 Å². The summed E-state index contributed by atoms with van der Waals surface area (Å²) in [6, 6.07) is 80.2. The van der Waals surface area contributed by atoms with Gasteiger partial charge in [0.25, 0.3) is 0 Å². The molecule has 4 aliphatic rings. The Labute approximate surface area is 478 Å². The maximum Gasteiger partial charge on any atom is 0.307 e. The van der Waals surface area contributed by atoms with Crippen molar-refractivity contribution in [3.05, 3.63) is 263 Å². The van der Waals surface area contributed by atoms with Crippen molar-refractivity contribution in [3.8, 4) is 57.0 Å². The second-order valence-corrected chi connectivity index (χ2v) is 23.2. The van der Waals surface area contributed by atoms with Gasteiger partial charge in [-0.25, -0.2) is 0 Å². The molecule has 0 radical (unpaired) electrons. The van der Waals surface area contributed by atoms with E-state index in [0.29, 0.717) is 45.1 Å². The highest BCUT2D eigenvalue weighted by Crippen LogP contribution is 2.66. The summed E-state index contributed by atoms with van der Waals surface area (Å²) >= 11 is 0. The SMILES string of the molecule is CC1(C)c2ccccc2-c2ccc(N(c3c(C#N)c(C#N)c(N(c4ccc5c(c4)C(C)(C)c4ccccc4-5)c4cccc5c4oc4ccccc45)c4c3OC3(O4)c4ccccc4-c4ccccc43)c3cccc4c3oc3ccccc34)cc21. The average molecular weight is 1070 g/mol. The smallest absolute Gasteiger partial charge is 0.307 e. The molecule has 0 unspecified atom stereocenters. The van der Waals surface area contributed by atoms with E-state index in [9.17, 15) is 10.5 Å². The van der Waals surface area contributed by atoms with Gasteiger partial charge in [0.15, 0.2) is 22.7 Å². The lowest BCUT2D eigenvalue weighted by Gasteiger charge is -2.32. The number of nitriles is 2. The average Bonchev–Trinajstić information content (AvgIpc) is 1.69. The highest BCUT2D eigenvalue weighted by atomic mass is 16.7. The fourth-order valence-corrected chi connectivity index (χ4v) is 14.5. The van der Waals surface area contributed by atoms with E-state index in [-0.39, 0.29) is 22.6 Å². The van der Waals surface area contributed by atoms with Gasteiger partial charge in [-0.15, -0.1) is 0 Å². The molecule has 0 N–H and O–H groups in total. The highest BCUT2D eigenvalue weighted by Gasteiger charge is 2.56. The first kappa shape index (κ1) is 47.1. The van der Waals surface area contributed by atoms with E-state index in [2.05, 4.69) is 183 Å². The van der Waals surface area contributed by atoms with Gasteiger partial charge in [-0.05, 0) is 104 Å². The molecule has 0 atom stereocenters. The molecule has 2 aromatic heterocycles. The summed E-state index contributed by atoms with van der Waals surface area (Å²) in [6.45, 7) is 9.05. The number of fused-ring (bicyclic) bond motifs is 18. The van der Waals surface area contributed by atoms with Crippen molar-refractivity contribution in [2.24, 2.45) is 0 Å². The van der Waals surface area contributed by atoms with Gasteiger partial charge < -0.3 is 28.1 Å². The van der Waals surface area contributed by atoms with Crippen molar-refractivity contribution in [2.45, 2.75) is 44.3 Å². The van der Waals surface area contributed by atoms with Crippen LogP contribution in [-0.4, -0.2) is 0 Å². The van der Waals surface area contributed by atoms with Gasteiger partial charge in [0.05, 0.1) is 11.4 Å². The molecule has 3 heterocycles. The van der Waals surface area contributed by atoms with Crippen molar-refractivity contribution < 1.29 is 18.3 Å². The van der Waals surface area contributed by atoms with Crippen LogP contribution in [0.3, 0.4) is 0 Å². The Morgan fingerprint density at radius 2 is 0.699 bits per heavy atom. The predicted octanol–water partition coefficient (Wildman–Crippen LogP) is 19.4. The number of ether oxygens (including phenoxy) is 2. The van der Waals surface area contributed by atoms with Gasteiger partial charge in [0, 0.05) is 54.9 Å². The third kappa shape index (κ3) is 6.16. The molecule has 0 saturated carbocycles. The van der Waals surface area contributed by atoms with Crippen LogP contribution in [-0.2, 0) is 16.6 Å². The fourth-order valence-electron chi connectivity index (χ4n) is 14.5. The van der Waals surface area contributed by atoms with Gasteiger partial charge in [-0.2, -0.15) is 10.5 Å². The van der Waals surface area contributed by atoms with Crippen LogP contribution in [0.2, 0.25) is 0 Å². The molecule has 0 saturated heterocycles. The molecule has 392 valence electrons. The van der Waals surface area contributed by atoms with Crippen LogP contribution in [0, 0.1) is 22.7 Å². The van der Waals surface area contributed by atoms with E-state index in [1.165, 1.54) is 22.3 Å². The van der Waals surface area contributed by atoms with Crippen molar-refractivity contribution in [1.82, 2.24) is 0 Å². The quantitative estimate of drug-likeness (QED) is 0.162. The third-order valence-electron chi connectivity index (χ3n) is 18.3. The summed E-state index contributed by atoms with van der Waals surface area (Å²) in [6.07, 6.45) is 0. The van der Waals surface area contributed by atoms with Gasteiger partial charge in [0.2, 0.25) is 0 Å². The first-order valence-corrected chi connectivity index (χ1v) is 28.1. The second kappa shape index (κ2) is 16.6. The minimum absolute atomic E-state index is 0.0771. The van der Waals surface area contributed by atoms with E-state index in [4.69, 9.17) is 18.3 Å². The number of furan rings is 2. The molecule has 0 bridgehead atoms. The summed E-state index contributed by atoms with van der Waals surface area (Å²) in [7, 11) is 0. The molecule has 8 nitrogen and oxygen atoms in total. The minimum Gasteiger partial charge on any atom is -0.454 e. The Kier molecular flexibility index (Phi) is 9.43. The molecule has 0 amide bonds. The van der Waals surface area contributed by atoms with Gasteiger partial charge in [-0.3, -0.25) is 0 Å². The largest absolute Gasteiger partial charge is 0.454 e. The van der Waals surface area contributed by atoms with E-state index in [1.807, 2.05) is 84.9 Å². The van der Waals surface area contributed by atoms with E-state index < -0.39 is 16.6 Å². The lowest BCUT2D eigenvalue weighted by Crippen LogP contribution is -2.34. The molecule has 11 aromatic carbocycles. The standard InChI is InChI=1S/C75H48N4O4/c1-73(2)57-27-11-5-19-45(57)49-37-35-43(39-61(49)73)78(63-31-17-25-53-51-23-9-15-33-65(51)80-69(53)63)67-55(41-76)56(42-77)68(72-71(67)82-75(83-72)59-29-13-7-21-47(59)48-22-8-14-30-60(48)75)79(64-32-18-26-54-52-24-10-16-34-66(52)81-70(54)64)44-36-38-50-46-20-6-12-28-58(46)74(3,4)62(50)40-44/h5-40H,1-4H3. The van der Waals surface area contributed by atoms with Crippen LogP contribution in [0.4, 0.5) is 34.1 Å². The predicted molar refractivity (Wildman–Crippen MR) is 329 cm³/mol. The first-order valence-electron chi connectivity index (χ1n) is 28.1. The highest BCUT2D eigenvalue weighted by molar-refractivity contribution is 6.13. The van der Waals surface area contributed by atoms with Gasteiger partial charge >= 0.3 is 5.79 Å². The molecular formula is C75H48N4O4. The normalized spacial score (nSPS) is 14.7. The zero-order valence-electron chi connectivity index (χ0n) is 45.7.